The average molecular weight is 462 g/mol. The Kier molecular flexibility index (Phi) is 7.02. The number of pyridine rings is 1. The lowest BCUT2D eigenvalue weighted by molar-refractivity contribution is -0.0552. The number of aliphatic hydroxyl groups is 1. The number of carbonyl (C=O) groups is 2. The van der Waals surface area contributed by atoms with Crippen LogP contribution in [0.2, 0.25) is 0 Å². The Morgan fingerprint density at radius 1 is 1.27 bits per heavy atom. The van der Waals surface area contributed by atoms with Gasteiger partial charge in [-0.05, 0) is 36.7 Å². The summed E-state index contributed by atoms with van der Waals surface area (Å²) in [6.45, 7) is 5.22. The van der Waals surface area contributed by atoms with Crippen LogP contribution in [0.25, 0.3) is 0 Å². The molecular formula is C24H28F2N2O5. The highest BCUT2D eigenvalue weighted by Gasteiger charge is 2.44. The summed E-state index contributed by atoms with van der Waals surface area (Å²) >= 11 is 0. The van der Waals surface area contributed by atoms with Crippen molar-refractivity contribution in [2.45, 2.75) is 59.2 Å². The predicted molar refractivity (Wildman–Crippen MR) is 117 cm³/mol. The molecule has 1 heterocycles. The highest BCUT2D eigenvalue weighted by atomic mass is 19.1. The summed E-state index contributed by atoms with van der Waals surface area (Å²) in [7, 11) is 0. The number of nitrogens with one attached hydrogen (secondary N) is 1. The largest absolute Gasteiger partial charge is 0.503 e. The second kappa shape index (κ2) is 9.43. The van der Waals surface area contributed by atoms with Gasteiger partial charge < -0.3 is 20.1 Å². The van der Waals surface area contributed by atoms with Crippen molar-refractivity contribution < 1.29 is 28.6 Å². The van der Waals surface area contributed by atoms with Crippen molar-refractivity contribution in [2.75, 3.05) is 0 Å². The van der Waals surface area contributed by atoms with Crippen molar-refractivity contribution in [3.8, 4) is 5.75 Å². The molecule has 1 aromatic carbocycles. The SMILES string of the molecule is CC(=O)c1c(O)c(=O)c(C(=O)NCc2ccc(F)cc2F)cn1C[C@]1(CC(C)C)C[C@H](O)C1. The number of amides is 1. The van der Waals surface area contributed by atoms with Gasteiger partial charge in [-0.3, -0.25) is 14.4 Å². The molecule has 0 atom stereocenters. The number of nitrogens with zero attached hydrogens (tertiary/aromatic N) is 1. The molecule has 3 N–H and O–H groups in total. The van der Waals surface area contributed by atoms with Crippen LogP contribution in [0.3, 0.4) is 0 Å². The number of hydrogen-bond donors (Lipinski definition) is 3. The highest BCUT2D eigenvalue weighted by Crippen LogP contribution is 2.47. The lowest BCUT2D eigenvalue weighted by Crippen LogP contribution is -2.45. The number of benzene rings is 1. The minimum atomic E-state index is -1.01. The van der Waals surface area contributed by atoms with Gasteiger partial charge in [0.2, 0.25) is 5.43 Å². The first-order valence-corrected chi connectivity index (χ1v) is 10.8. The first-order valence-electron chi connectivity index (χ1n) is 10.8. The maximum absolute atomic E-state index is 13.9. The monoisotopic (exact) mass is 462 g/mol. The number of Topliss-reactive ketones (excluding diaryl/α,β-unsaturated/α-hetero) is 1. The van der Waals surface area contributed by atoms with Gasteiger partial charge in [-0.2, -0.15) is 0 Å². The minimum Gasteiger partial charge on any atom is -0.503 e. The third kappa shape index (κ3) is 5.30. The standard InChI is InChI=1S/C24H28F2N2O5/c1-13(2)7-24(8-17(30)9-24)12-28-11-18(21(31)22(32)20(28)14(3)29)23(33)27-10-15-4-5-16(25)6-19(15)26/h4-6,11,13,17,30,32H,7-10,12H2,1-3H3,(H,27,33)/t17-,24+. The number of halogens is 2. The molecule has 1 aliphatic rings. The maximum atomic E-state index is 13.9. The van der Waals surface area contributed by atoms with Gasteiger partial charge in [0.1, 0.15) is 22.9 Å². The zero-order valence-corrected chi connectivity index (χ0v) is 18.8. The molecule has 1 fully saturated rings. The maximum Gasteiger partial charge on any atom is 0.257 e. The second-order valence-electron chi connectivity index (χ2n) is 9.33. The number of aromatic nitrogens is 1. The quantitative estimate of drug-likeness (QED) is 0.523. The van der Waals surface area contributed by atoms with Crippen LogP contribution in [0.4, 0.5) is 8.78 Å². The Balaban J connectivity index is 1.94. The fourth-order valence-electron chi connectivity index (χ4n) is 4.77. The third-order valence-corrected chi connectivity index (χ3v) is 5.97. The van der Waals surface area contributed by atoms with E-state index in [1.807, 2.05) is 13.8 Å². The van der Waals surface area contributed by atoms with Gasteiger partial charge in [0.15, 0.2) is 11.5 Å². The molecule has 178 valence electrons. The summed E-state index contributed by atoms with van der Waals surface area (Å²) in [5.41, 5.74) is -1.94. The van der Waals surface area contributed by atoms with E-state index >= 15 is 0 Å². The van der Waals surface area contributed by atoms with Crippen molar-refractivity contribution in [3.63, 3.8) is 0 Å². The minimum absolute atomic E-state index is 0.0222. The highest BCUT2D eigenvalue weighted by molar-refractivity contribution is 5.98. The molecular weight excluding hydrogens is 434 g/mol. The summed E-state index contributed by atoms with van der Waals surface area (Å²) < 4.78 is 28.4. The van der Waals surface area contributed by atoms with E-state index in [1.165, 1.54) is 23.8 Å². The van der Waals surface area contributed by atoms with E-state index in [2.05, 4.69) is 5.32 Å². The molecule has 0 spiro atoms. The molecule has 9 heteroatoms. The number of ketones is 1. The summed E-state index contributed by atoms with van der Waals surface area (Å²) in [6.07, 6.45) is 2.51. The Morgan fingerprint density at radius 2 is 1.94 bits per heavy atom. The summed E-state index contributed by atoms with van der Waals surface area (Å²) in [5.74, 6) is -3.53. The zero-order chi connectivity index (χ0) is 24.5. The molecule has 0 radical (unpaired) electrons. The normalized spacial score (nSPS) is 19.9. The lowest BCUT2D eigenvalue weighted by Gasteiger charge is -2.47. The second-order valence-corrected chi connectivity index (χ2v) is 9.33. The molecule has 3 rings (SSSR count). The van der Waals surface area contributed by atoms with Crippen molar-refractivity contribution >= 4 is 11.7 Å². The van der Waals surface area contributed by atoms with Crippen LogP contribution < -0.4 is 10.7 Å². The molecule has 7 nitrogen and oxygen atoms in total. The lowest BCUT2D eigenvalue weighted by atomic mass is 9.62. The number of hydrogen-bond acceptors (Lipinski definition) is 5. The van der Waals surface area contributed by atoms with Gasteiger partial charge in [-0.15, -0.1) is 0 Å². The topological polar surface area (TPSA) is 109 Å². The van der Waals surface area contributed by atoms with E-state index in [4.69, 9.17) is 0 Å². The molecule has 1 saturated carbocycles. The molecule has 2 aromatic rings. The van der Waals surface area contributed by atoms with Crippen molar-refractivity contribution in [1.29, 1.82) is 0 Å². The molecule has 1 aromatic heterocycles. The predicted octanol–water partition coefficient (Wildman–Crippen LogP) is 3.15. The van der Waals surface area contributed by atoms with Crippen LogP contribution in [0.15, 0.2) is 29.2 Å². The van der Waals surface area contributed by atoms with E-state index in [9.17, 15) is 33.4 Å². The smallest absolute Gasteiger partial charge is 0.257 e. The molecule has 0 saturated heterocycles. The van der Waals surface area contributed by atoms with Crippen molar-refractivity contribution in [1.82, 2.24) is 9.88 Å². The third-order valence-electron chi connectivity index (χ3n) is 5.97. The van der Waals surface area contributed by atoms with E-state index in [0.29, 0.717) is 24.8 Å². The number of carbonyl (C=O) groups excluding carboxylic acids is 2. The Labute approximate surface area is 190 Å². The van der Waals surface area contributed by atoms with E-state index in [1.54, 1.807) is 0 Å². The molecule has 1 aliphatic carbocycles. The Hall–Kier alpha value is -3.07. The first-order chi connectivity index (χ1) is 15.4. The summed E-state index contributed by atoms with van der Waals surface area (Å²) in [5, 5.41) is 22.8. The van der Waals surface area contributed by atoms with Gasteiger partial charge in [0.25, 0.3) is 5.91 Å². The Morgan fingerprint density at radius 3 is 2.48 bits per heavy atom. The van der Waals surface area contributed by atoms with Gasteiger partial charge in [-0.1, -0.05) is 19.9 Å². The van der Waals surface area contributed by atoms with E-state index in [0.717, 1.165) is 12.5 Å². The number of aliphatic hydroxyl groups excluding tert-OH is 1. The van der Waals surface area contributed by atoms with Gasteiger partial charge in [0.05, 0.1) is 6.10 Å². The first kappa shape index (κ1) is 24.6. The fraction of sp³-hybridized carbons (Fsp3) is 0.458. The van der Waals surface area contributed by atoms with E-state index in [-0.39, 0.29) is 29.8 Å². The van der Waals surface area contributed by atoms with Crippen LogP contribution >= 0.6 is 0 Å². The number of aromatic hydroxyl groups is 1. The summed E-state index contributed by atoms with van der Waals surface area (Å²) in [4.78, 5) is 37.6. The molecule has 0 bridgehead atoms. The average Bonchev–Trinajstić information content (AvgIpc) is 2.67. The molecule has 33 heavy (non-hydrogen) atoms. The van der Waals surface area contributed by atoms with Crippen molar-refractivity contribution in [3.05, 3.63) is 63.1 Å². The number of rotatable bonds is 8. The van der Waals surface area contributed by atoms with Gasteiger partial charge in [-0.25, -0.2) is 8.78 Å². The van der Waals surface area contributed by atoms with Gasteiger partial charge in [0, 0.05) is 37.8 Å². The molecule has 1 amide bonds. The van der Waals surface area contributed by atoms with Crippen LogP contribution in [-0.2, 0) is 13.1 Å². The zero-order valence-electron chi connectivity index (χ0n) is 18.8. The fourth-order valence-corrected chi connectivity index (χ4v) is 4.77. The molecule has 0 unspecified atom stereocenters. The van der Waals surface area contributed by atoms with Crippen LogP contribution in [0, 0.1) is 23.0 Å². The van der Waals surface area contributed by atoms with Crippen LogP contribution in [-0.4, -0.2) is 32.6 Å². The van der Waals surface area contributed by atoms with Crippen LogP contribution in [0.5, 0.6) is 5.75 Å². The van der Waals surface area contributed by atoms with E-state index < -0.39 is 46.2 Å². The Bertz CT molecular complexity index is 1140. The summed E-state index contributed by atoms with van der Waals surface area (Å²) in [6, 6.07) is 2.91. The van der Waals surface area contributed by atoms with Crippen LogP contribution in [0.1, 0.15) is 66.4 Å². The van der Waals surface area contributed by atoms with Crippen molar-refractivity contribution in [2.24, 2.45) is 11.3 Å². The molecule has 0 aliphatic heterocycles. The van der Waals surface area contributed by atoms with Gasteiger partial charge >= 0.3 is 0 Å².